The Morgan fingerprint density at radius 3 is 3.08 bits per heavy atom. The smallest absolute Gasteiger partial charge is 0.164 e. The average Bonchev–Trinajstić information content (AvgIpc) is 2.74. The molecule has 0 amide bonds. The van der Waals surface area contributed by atoms with E-state index in [1.54, 1.807) is 0 Å². The van der Waals surface area contributed by atoms with Gasteiger partial charge in [0.25, 0.3) is 0 Å². The van der Waals surface area contributed by atoms with E-state index in [0.717, 1.165) is 18.5 Å². The molecule has 12 heavy (non-hydrogen) atoms. The zero-order valence-electron chi connectivity index (χ0n) is 6.40. The van der Waals surface area contributed by atoms with Gasteiger partial charge in [-0.05, 0) is 24.4 Å². The first-order valence-electron chi connectivity index (χ1n) is 3.72. The molecule has 0 atom stereocenters. The van der Waals surface area contributed by atoms with Crippen LogP contribution in [0.5, 0.6) is 0 Å². The summed E-state index contributed by atoms with van der Waals surface area (Å²) < 4.78 is 3.73. The topological polar surface area (TPSA) is 76.2 Å². The maximum absolute atomic E-state index is 5.30. The number of amidine groups is 1. The van der Waals surface area contributed by atoms with Crippen LogP contribution in [0.25, 0.3) is 0 Å². The first kappa shape index (κ1) is 7.63. The maximum Gasteiger partial charge on any atom is 0.164 e. The van der Waals surface area contributed by atoms with Crippen molar-refractivity contribution in [3.8, 4) is 0 Å². The summed E-state index contributed by atoms with van der Waals surface area (Å²) in [4.78, 5) is 4.33. The Bertz CT molecular complexity index is 276. The highest BCUT2D eigenvalue weighted by Crippen LogP contribution is 2.23. The van der Waals surface area contributed by atoms with Crippen LogP contribution >= 0.6 is 11.5 Å². The summed E-state index contributed by atoms with van der Waals surface area (Å²) in [5, 5.41) is 5.68. The van der Waals surface area contributed by atoms with Gasteiger partial charge in [-0.2, -0.15) is 0 Å². The molecule has 0 spiro atoms. The molecule has 1 aromatic heterocycles. The summed E-state index contributed by atoms with van der Waals surface area (Å²) in [6.45, 7) is 0. The molecule has 0 saturated heterocycles. The zero-order valence-corrected chi connectivity index (χ0v) is 7.21. The molecule has 0 radical (unpaired) electrons. The Kier molecular flexibility index (Phi) is 2.01. The summed E-state index contributed by atoms with van der Waals surface area (Å²) in [7, 11) is 0. The maximum atomic E-state index is 5.30. The van der Waals surface area contributed by atoms with Gasteiger partial charge in [-0.3, -0.25) is 4.99 Å². The Hall–Kier alpha value is -1.01. The van der Waals surface area contributed by atoms with Crippen LogP contribution < -0.4 is 11.3 Å². The lowest BCUT2D eigenvalue weighted by atomic mass is 10.4. The van der Waals surface area contributed by atoms with Gasteiger partial charge < -0.3 is 5.43 Å². The van der Waals surface area contributed by atoms with Crippen LogP contribution in [-0.4, -0.2) is 21.5 Å². The fourth-order valence-corrected chi connectivity index (χ4v) is 1.27. The van der Waals surface area contributed by atoms with Crippen molar-refractivity contribution >= 4 is 17.4 Å². The minimum Gasteiger partial charge on any atom is -0.307 e. The molecule has 1 aliphatic rings. The Balaban J connectivity index is 2.17. The van der Waals surface area contributed by atoms with Crippen molar-refractivity contribution in [3.63, 3.8) is 0 Å². The SMILES string of the molecule is NNC(=NC1CC1)c1csnn1. The number of aliphatic imine (C=N–C) groups is 1. The molecule has 5 nitrogen and oxygen atoms in total. The van der Waals surface area contributed by atoms with Crippen LogP contribution in [-0.2, 0) is 0 Å². The number of hydrogen-bond donors (Lipinski definition) is 2. The van der Waals surface area contributed by atoms with E-state index >= 15 is 0 Å². The molecule has 1 aromatic rings. The van der Waals surface area contributed by atoms with Crippen LogP contribution in [0.15, 0.2) is 10.4 Å². The predicted molar refractivity (Wildman–Crippen MR) is 46.8 cm³/mol. The Morgan fingerprint density at radius 2 is 2.58 bits per heavy atom. The lowest BCUT2D eigenvalue weighted by Gasteiger charge is -1.99. The lowest BCUT2D eigenvalue weighted by molar-refractivity contribution is 0.956. The number of nitrogens with zero attached hydrogens (tertiary/aromatic N) is 3. The molecule has 1 fully saturated rings. The van der Waals surface area contributed by atoms with Crippen molar-refractivity contribution < 1.29 is 0 Å². The van der Waals surface area contributed by atoms with Gasteiger partial charge in [0.15, 0.2) is 5.84 Å². The van der Waals surface area contributed by atoms with Crippen LogP contribution in [0.3, 0.4) is 0 Å². The van der Waals surface area contributed by atoms with Crippen LogP contribution in [0.2, 0.25) is 0 Å². The van der Waals surface area contributed by atoms with Gasteiger partial charge in [0.2, 0.25) is 0 Å². The molecule has 0 aliphatic heterocycles. The minimum absolute atomic E-state index is 0.442. The zero-order chi connectivity index (χ0) is 8.39. The summed E-state index contributed by atoms with van der Waals surface area (Å²) >= 11 is 1.29. The first-order valence-corrected chi connectivity index (χ1v) is 4.55. The number of aromatic nitrogens is 2. The first-order chi connectivity index (χ1) is 5.90. The van der Waals surface area contributed by atoms with Gasteiger partial charge >= 0.3 is 0 Å². The van der Waals surface area contributed by atoms with Gasteiger partial charge in [0, 0.05) is 5.38 Å². The number of hydrazine groups is 1. The quantitative estimate of drug-likeness (QED) is 0.291. The second-order valence-electron chi connectivity index (χ2n) is 2.64. The number of hydrogen-bond acceptors (Lipinski definition) is 5. The fourth-order valence-electron chi connectivity index (χ4n) is 0.831. The van der Waals surface area contributed by atoms with E-state index < -0.39 is 0 Å². The molecule has 3 N–H and O–H groups in total. The second kappa shape index (κ2) is 3.16. The van der Waals surface area contributed by atoms with E-state index in [-0.39, 0.29) is 0 Å². The monoisotopic (exact) mass is 183 g/mol. The van der Waals surface area contributed by atoms with Crippen molar-refractivity contribution in [3.05, 3.63) is 11.1 Å². The van der Waals surface area contributed by atoms with Gasteiger partial charge in [-0.25, -0.2) is 5.84 Å². The molecule has 64 valence electrons. The number of nitrogens with two attached hydrogens (primary N) is 1. The van der Waals surface area contributed by atoms with Crippen molar-refractivity contribution in [2.24, 2.45) is 10.8 Å². The summed E-state index contributed by atoms with van der Waals surface area (Å²) in [6, 6.07) is 0.442. The summed E-state index contributed by atoms with van der Waals surface area (Å²) in [5.41, 5.74) is 3.26. The normalized spacial score (nSPS) is 17.9. The van der Waals surface area contributed by atoms with Gasteiger partial charge in [0.05, 0.1) is 6.04 Å². The number of rotatable bonds is 2. The van der Waals surface area contributed by atoms with Gasteiger partial charge in [-0.1, -0.05) is 4.49 Å². The predicted octanol–water partition coefficient (Wildman–Crippen LogP) is -0.0896. The van der Waals surface area contributed by atoms with Gasteiger partial charge in [0.1, 0.15) is 5.69 Å². The molecule has 1 heterocycles. The van der Waals surface area contributed by atoms with E-state index in [1.165, 1.54) is 11.5 Å². The molecule has 1 aliphatic carbocycles. The van der Waals surface area contributed by atoms with Crippen LogP contribution in [0.4, 0.5) is 0 Å². The third-order valence-corrected chi connectivity index (χ3v) is 2.10. The van der Waals surface area contributed by atoms with E-state index in [0.29, 0.717) is 11.9 Å². The molecule has 0 aromatic carbocycles. The molecule has 0 unspecified atom stereocenters. The molecular weight excluding hydrogens is 174 g/mol. The van der Waals surface area contributed by atoms with Crippen molar-refractivity contribution in [1.29, 1.82) is 0 Å². The molecule has 6 heteroatoms. The third kappa shape index (κ3) is 1.59. The highest BCUT2D eigenvalue weighted by atomic mass is 32.1. The molecule has 0 bridgehead atoms. The van der Waals surface area contributed by atoms with Crippen LogP contribution in [0.1, 0.15) is 18.5 Å². The largest absolute Gasteiger partial charge is 0.307 e. The lowest BCUT2D eigenvalue weighted by Crippen LogP contribution is -2.31. The van der Waals surface area contributed by atoms with E-state index in [9.17, 15) is 0 Å². The standard InChI is InChI=1S/C6H9N5S/c7-9-6(8-4-1-2-4)5-3-12-11-10-5/h3-4H,1-2,7H2,(H,8,9). The minimum atomic E-state index is 0.442. The van der Waals surface area contributed by atoms with E-state index in [4.69, 9.17) is 5.84 Å². The highest BCUT2D eigenvalue weighted by molar-refractivity contribution is 7.03. The van der Waals surface area contributed by atoms with Crippen molar-refractivity contribution in [2.75, 3.05) is 0 Å². The summed E-state index contributed by atoms with van der Waals surface area (Å²) in [6.07, 6.45) is 2.31. The van der Waals surface area contributed by atoms with Gasteiger partial charge in [-0.15, -0.1) is 5.10 Å². The van der Waals surface area contributed by atoms with E-state index in [1.807, 2.05) is 5.38 Å². The van der Waals surface area contributed by atoms with E-state index in [2.05, 4.69) is 20.0 Å². The highest BCUT2D eigenvalue weighted by Gasteiger charge is 2.21. The Labute approximate surface area is 73.8 Å². The molecular formula is C6H9N5S. The number of nitrogens with one attached hydrogen (secondary N) is 1. The summed E-state index contributed by atoms with van der Waals surface area (Å²) in [5.74, 6) is 5.94. The molecule has 1 saturated carbocycles. The average molecular weight is 183 g/mol. The van der Waals surface area contributed by atoms with Crippen LogP contribution in [0, 0.1) is 0 Å². The van der Waals surface area contributed by atoms with Crippen molar-refractivity contribution in [2.45, 2.75) is 18.9 Å². The Morgan fingerprint density at radius 1 is 1.75 bits per heavy atom. The molecule has 2 rings (SSSR count). The fraction of sp³-hybridized carbons (Fsp3) is 0.500. The third-order valence-electron chi connectivity index (χ3n) is 1.60. The van der Waals surface area contributed by atoms with Crippen molar-refractivity contribution in [1.82, 2.24) is 15.0 Å². The second-order valence-corrected chi connectivity index (χ2v) is 3.25.